The number of urea groups is 1. The van der Waals surface area contributed by atoms with Crippen molar-refractivity contribution in [2.45, 2.75) is 25.5 Å². The molecule has 0 aliphatic carbocycles. The van der Waals surface area contributed by atoms with Crippen molar-refractivity contribution in [1.29, 1.82) is 0 Å². The zero-order valence-corrected chi connectivity index (χ0v) is 20.9. The number of primary amides is 1. The van der Waals surface area contributed by atoms with Gasteiger partial charge in [-0.1, -0.05) is 0 Å². The molecule has 1 unspecified atom stereocenters. The summed E-state index contributed by atoms with van der Waals surface area (Å²) in [5, 5.41) is 5.49. The Morgan fingerprint density at radius 1 is 0.947 bits per heavy atom. The first-order chi connectivity index (χ1) is 18.4. The first-order valence-corrected chi connectivity index (χ1v) is 12.4. The van der Waals surface area contributed by atoms with E-state index in [9.17, 15) is 9.59 Å². The van der Waals surface area contributed by atoms with Gasteiger partial charge in [-0.05, 0) is 55.5 Å². The highest BCUT2D eigenvalue weighted by Crippen LogP contribution is 2.25. The second-order valence-electron chi connectivity index (χ2n) is 9.06. The number of hydrogen-bond acceptors (Lipinski definition) is 9. The van der Waals surface area contributed by atoms with Gasteiger partial charge in [-0.3, -0.25) is 4.79 Å². The minimum absolute atomic E-state index is 0.0997. The Hall–Kier alpha value is -4.29. The molecule has 2 fully saturated rings. The van der Waals surface area contributed by atoms with Crippen LogP contribution in [-0.4, -0.2) is 72.0 Å². The van der Waals surface area contributed by atoms with E-state index in [1.807, 2.05) is 12.1 Å². The monoisotopic (exact) mass is 519 g/mol. The van der Waals surface area contributed by atoms with Crippen molar-refractivity contribution >= 4 is 29.3 Å². The summed E-state index contributed by atoms with van der Waals surface area (Å²) in [6.45, 7) is 5.06. The van der Waals surface area contributed by atoms with Gasteiger partial charge in [0.2, 0.25) is 11.9 Å². The molecule has 38 heavy (non-hydrogen) atoms. The number of amides is 3. The molecule has 4 N–H and O–H groups in total. The molecule has 198 valence electrons. The molecule has 1 aromatic heterocycles. The van der Waals surface area contributed by atoms with Gasteiger partial charge in [0, 0.05) is 35.5 Å². The number of aromatic nitrogens is 3. The summed E-state index contributed by atoms with van der Waals surface area (Å²) in [6, 6.07) is 13.4. The molecule has 3 heterocycles. The third-order valence-corrected chi connectivity index (χ3v) is 6.22. The first-order valence-electron chi connectivity index (χ1n) is 12.4. The van der Waals surface area contributed by atoms with E-state index in [0.29, 0.717) is 61.7 Å². The Balaban J connectivity index is 1.31. The lowest BCUT2D eigenvalue weighted by Crippen LogP contribution is -2.44. The number of anilines is 3. The second kappa shape index (κ2) is 11.4. The molecule has 2 aliphatic heterocycles. The number of nitrogens with one attached hydrogen (secondary N) is 2. The van der Waals surface area contributed by atoms with Gasteiger partial charge < -0.3 is 35.5 Å². The van der Waals surface area contributed by atoms with Crippen LogP contribution in [0.25, 0.3) is 11.4 Å². The minimum Gasteiger partial charge on any atom is -0.457 e. The molecule has 2 atom stereocenters. The maximum Gasteiger partial charge on any atom is 0.323 e. The van der Waals surface area contributed by atoms with Gasteiger partial charge in [0.25, 0.3) is 0 Å². The quantitative estimate of drug-likeness (QED) is 0.427. The highest BCUT2D eigenvalue weighted by Gasteiger charge is 2.25. The van der Waals surface area contributed by atoms with E-state index in [0.717, 1.165) is 12.0 Å². The maximum atomic E-state index is 12.4. The van der Waals surface area contributed by atoms with Crippen LogP contribution in [0, 0.1) is 0 Å². The standard InChI is InChI=1S/C26H29N7O5/c1-16-14-37-13-11-33(16)24-30-23(31-26(32-24)38-21-10-12-36-15-21)18-4-8-20(9-5-18)29-25(35)28-19-6-2-17(3-7-19)22(27)34/h2-9,16,21H,10-15H2,1H3,(H2,27,34)(H2,28,29,35)/t16-,21?/m0/s1. The van der Waals surface area contributed by atoms with Gasteiger partial charge in [0.15, 0.2) is 5.82 Å². The maximum absolute atomic E-state index is 12.4. The Morgan fingerprint density at radius 2 is 1.63 bits per heavy atom. The smallest absolute Gasteiger partial charge is 0.323 e. The molecule has 5 rings (SSSR count). The highest BCUT2D eigenvalue weighted by atomic mass is 16.6. The summed E-state index contributed by atoms with van der Waals surface area (Å²) >= 11 is 0. The lowest BCUT2D eigenvalue weighted by molar-refractivity contribution is 0.0976. The summed E-state index contributed by atoms with van der Waals surface area (Å²) in [5.74, 6) is 0.467. The average Bonchev–Trinajstić information content (AvgIpc) is 3.42. The van der Waals surface area contributed by atoms with Crippen molar-refractivity contribution in [3.05, 3.63) is 54.1 Å². The summed E-state index contributed by atoms with van der Waals surface area (Å²) in [6.07, 6.45) is 0.680. The Kier molecular flexibility index (Phi) is 7.61. The molecule has 2 saturated heterocycles. The van der Waals surface area contributed by atoms with Gasteiger partial charge in [-0.25, -0.2) is 4.79 Å². The van der Waals surface area contributed by atoms with Crippen molar-refractivity contribution in [1.82, 2.24) is 15.0 Å². The molecule has 0 spiro atoms. The van der Waals surface area contributed by atoms with E-state index >= 15 is 0 Å². The van der Waals surface area contributed by atoms with Crippen molar-refractivity contribution in [3.63, 3.8) is 0 Å². The number of hydrogen-bond donors (Lipinski definition) is 3. The van der Waals surface area contributed by atoms with E-state index < -0.39 is 11.9 Å². The van der Waals surface area contributed by atoms with E-state index in [-0.39, 0.29) is 18.2 Å². The molecule has 0 saturated carbocycles. The topological polar surface area (TPSA) is 154 Å². The summed E-state index contributed by atoms with van der Waals surface area (Å²) in [4.78, 5) is 39.6. The van der Waals surface area contributed by atoms with Crippen molar-refractivity contribution in [3.8, 4) is 17.4 Å². The summed E-state index contributed by atoms with van der Waals surface area (Å²) in [5.41, 5.74) is 7.46. The van der Waals surface area contributed by atoms with Crippen molar-refractivity contribution in [2.24, 2.45) is 5.73 Å². The predicted octanol–water partition coefficient (Wildman–Crippen LogP) is 2.67. The van der Waals surface area contributed by atoms with Crippen LogP contribution in [0.3, 0.4) is 0 Å². The number of nitrogens with zero attached hydrogens (tertiary/aromatic N) is 4. The van der Waals surface area contributed by atoms with E-state index in [1.165, 1.54) is 0 Å². The highest BCUT2D eigenvalue weighted by molar-refractivity contribution is 6.00. The predicted molar refractivity (Wildman–Crippen MR) is 140 cm³/mol. The molecule has 2 aliphatic rings. The fourth-order valence-corrected chi connectivity index (χ4v) is 4.15. The summed E-state index contributed by atoms with van der Waals surface area (Å²) in [7, 11) is 0. The van der Waals surface area contributed by atoms with Crippen LogP contribution in [-0.2, 0) is 9.47 Å². The fourth-order valence-electron chi connectivity index (χ4n) is 4.15. The van der Waals surface area contributed by atoms with Crippen LogP contribution < -0.4 is 26.0 Å². The van der Waals surface area contributed by atoms with Gasteiger partial charge in [0.05, 0.1) is 32.5 Å². The normalized spacial score (nSPS) is 19.1. The Labute approximate surface area is 219 Å². The van der Waals surface area contributed by atoms with Crippen LogP contribution in [0.2, 0.25) is 0 Å². The molecule has 0 bridgehead atoms. The van der Waals surface area contributed by atoms with Gasteiger partial charge in [0.1, 0.15) is 6.10 Å². The average molecular weight is 520 g/mol. The molecule has 2 aromatic carbocycles. The van der Waals surface area contributed by atoms with Crippen LogP contribution in [0.4, 0.5) is 22.1 Å². The molecular weight excluding hydrogens is 490 g/mol. The number of carbonyl (C=O) groups excluding carboxylic acids is 2. The van der Waals surface area contributed by atoms with E-state index in [2.05, 4.69) is 32.4 Å². The first kappa shape index (κ1) is 25.4. The third kappa shape index (κ3) is 6.15. The lowest BCUT2D eigenvalue weighted by Gasteiger charge is -2.33. The second-order valence-corrected chi connectivity index (χ2v) is 9.06. The lowest BCUT2D eigenvalue weighted by atomic mass is 10.2. The van der Waals surface area contributed by atoms with Crippen LogP contribution >= 0.6 is 0 Å². The number of morpholine rings is 1. The van der Waals surface area contributed by atoms with Gasteiger partial charge >= 0.3 is 12.0 Å². The summed E-state index contributed by atoms with van der Waals surface area (Å²) < 4.78 is 17.0. The molecule has 12 heteroatoms. The SMILES string of the molecule is C[C@H]1COCCN1c1nc(OC2CCOC2)nc(-c2ccc(NC(=O)Nc3ccc(C(N)=O)cc3)cc2)n1. The Morgan fingerprint density at radius 3 is 2.26 bits per heavy atom. The van der Waals surface area contributed by atoms with Crippen LogP contribution in [0.5, 0.6) is 6.01 Å². The zero-order valence-electron chi connectivity index (χ0n) is 20.9. The molecule has 12 nitrogen and oxygen atoms in total. The molecule has 3 aromatic rings. The zero-order chi connectivity index (χ0) is 26.5. The third-order valence-electron chi connectivity index (χ3n) is 6.22. The number of benzene rings is 2. The molecule has 0 radical (unpaired) electrons. The van der Waals surface area contributed by atoms with Gasteiger partial charge in [-0.2, -0.15) is 15.0 Å². The number of rotatable bonds is 7. The largest absolute Gasteiger partial charge is 0.457 e. The van der Waals surface area contributed by atoms with Crippen molar-refractivity contribution < 1.29 is 23.8 Å². The number of carbonyl (C=O) groups is 2. The van der Waals surface area contributed by atoms with Crippen LogP contribution in [0.15, 0.2) is 48.5 Å². The van der Waals surface area contributed by atoms with E-state index in [4.69, 9.17) is 24.9 Å². The van der Waals surface area contributed by atoms with E-state index in [1.54, 1.807) is 36.4 Å². The molecule has 3 amide bonds. The fraction of sp³-hybridized carbons (Fsp3) is 0.346. The molecular formula is C26H29N7O5. The number of ether oxygens (including phenoxy) is 3. The van der Waals surface area contributed by atoms with Gasteiger partial charge in [-0.15, -0.1) is 0 Å². The van der Waals surface area contributed by atoms with Crippen molar-refractivity contribution in [2.75, 3.05) is 48.5 Å². The minimum atomic E-state index is -0.530. The van der Waals surface area contributed by atoms with Crippen LogP contribution in [0.1, 0.15) is 23.7 Å². The number of nitrogens with two attached hydrogens (primary N) is 1. The Bertz CT molecular complexity index is 1280.